The van der Waals surface area contributed by atoms with Gasteiger partial charge in [0.2, 0.25) is 0 Å². The Morgan fingerprint density at radius 2 is 2.17 bits per heavy atom. The molecule has 12 heavy (non-hydrogen) atoms. The van der Waals surface area contributed by atoms with Crippen LogP contribution in [0.2, 0.25) is 0 Å². The molecular weight excluding hydrogens is 148 g/mol. The molecule has 0 aliphatic rings. The maximum Gasteiger partial charge on any atom is 0.0807 e. The van der Waals surface area contributed by atoms with Crippen molar-refractivity contribution >= 4 is 6.21 Å². The van der Waals surface area contributed by atoms with Crippen molar-refractivity contribution in [2.75, 3.05) is 7.05 Å². The monoisotopic (exact) mass is 162 g/mol. The van der Waals surface area contributed by atoms with Gasteiger partial charge in [-0.3, -0.25) is 9.98 Å². The van der Waals surface area contributed by atoms with E-state index in [0.29, 0.717) is 5.92 Å². The molecule has 0 aliphatic heterocycles. The lowest BCUT2D eigenvalue weighted by Crippen LogP contribution is -1.92. The summed E-state index contributed by atoms with van der Waals surface area (Å²) in [5.74, 6) is 0.546. The van der Waals surface area contributed by atoms with E-state index in [9.17, 15) is 0 Å². The van der Waals surface area contributed by atoms with E-state index in [4.69, 9.17) is 0 Å². The van der Waals surface area contributed by atoms with E-state index in [1.807, 2.05) is 12.3 Å². The van der Waals surface area contributed by atoms with Crippen LogP contribution in [-0.2, 0) is 0 Å². The van der Waals surface area contributed by atoms with Crippen molar-refractivity contribution in [2.24, 2.45) is 4.99 Å². The normalized spacial score (nSPS) is 11.3. The summed E-state index contributed by atoms with van der Waals surface area (Å²) in [6, 6.07) is 4.08. The second-order valence-corrected chi connectivity index (χ2v) is 3.06. The molecule has 0 N–H and O–H groups in total. The molecular formula is C10H14N2. The fourth-order valence-electron chi connectivity index (χ4n) is 0.967. The van der Waals surface area contributed by atoms with Gasteiger partial charge >= 0.3 is 0 Å². The highest BCUT2D eigenvalue weighted by atomic mass is 14.7. The lowest BCUT2D eigenvalue weighted by Gasteiger charge is -2.03. The Kier molecular flexibility index (Phi) is 2.97. The first-order chi connectivity index (χ1) is 5.74. The molecule has 0 saturated carbocycles. The molecule has 1 aromatic heterocycles. The average molecular weight is 162 g/mol. The van der Waals surface area contributed by atoms with Crippen LogP contribution in [0.4, 0.5) is 0 Å². The molecule has 0 amide bonds. The van der Waals surface area contributed by atoms with Gasteiger partial charge in [0.05, 0.1) is 5.69 Å². The average Bonchev–Trinajstić information content (AvgIpc) is 2.06. The first-order valence-electron chi connectivity index (χ1n) is 4.12. The number of aromatic nitrogens is 1. The summed E-state index contributed by atoms with van der Waals surface area (Å²) in [6.45, 7) is 4.31. The molecule has 0 unspecified atom stereocenters. The van der Waals surface area contributed by atoms with E-state index in [-0.39, 0.29) is 0 Å². The van der Waals surface area contributed by atoms with Crippen LogP contribution in [0, 0.1) is 0 Å². The van der Waals surface area contributed by atoms with Crippen molar-refractivity contribution in [3.8, 4) is 0 Å². The van der Waals surface area contributed by atoms with Gasteiger partial charge in [0.15, 0.2) is 0 Å². The summed E-state index contributed by atoms with van der Waals surface area (Å²) in [4.78, 5) is 8.13. The molecule has 2 heteroatoms. The van der Waals surface area contributed by atoms with Crippen molar-refractivity contribution in [2.45, 2.75) is 19.8 Å². The molecule has 0 spiro atoms. The van der Waals surface area contributed by atoms with Gasteiger partial charge in [-0.15, -0.1) is 0 Å². The van der Waals surface area contributed by atoms with E-state index in [1.165, 1.54) is 5.56 Å². The van der Waals surface area contributed by atoms with Crippen molar-refractivity contribution in [1.82, 2.24) is 4.98 Å². The molecule has 0 aromatic carbocycles. The summed E-state index contributed by atoms with van der Waals surface area (Å²) < 4.78 is 0. The maximum absolute atomic E-state index is 4.24. The number of nitrogens with zero attached hydrogens (tertiary/aromatic N) is 2. The molecule has 64 valence electrons. The van der Waals surface area contributed by atoms with E-state index in [1.54, 1.807) is 13.3 Å². The highest BCUT2D eigenvalue weighted by Crippen LogP contribution is 2.11. The topological polar surface area (TPSA) is 25.2 Å². The standard InChI is InChI=1S/C10H14N2/c1-8(2)9-4-5-10(7-11-3)12-6-9/h4-8H,1-3H3. The second-order valence-electron chi connectivity index (χ2n) is 3.06. The van der Waals surface area contributed by atoms with Crippen LogP contribution in [0.5, 0.6) is 0 Å². The Balaban J connectivity index is 2.85. The van der Waals surface area contributed by atoms with Gasteiger partial charge in [-0.05, 0) is 17.5 Å². The van der Waals surface area contributed by atoms with Gasteiger partial charge in [-0.25, -0.2) is 0 Å². The number of pyridine rings is 1. The third kappa shape index (κ3) is 2.16. The van der Waals surface area contributed by atoms with Gasteiger partial charge < -0.3 is 0 Å². The molecule has 0 bridgehead atoms. The van der Waals surface area contributed by atoms with Crippen LogP contribution in [0.1, 0.15) is 31.0 Å². The van der Waals surface area contributed by atoms with Gasteiger partial charge in [-0.2, -0.15) is 0 Å². The molecule has 0 fully saturated rings. The minimum absolute atomic E-state index is 0.546. The Bertz CT molecular complexity index is 260. The number of rotatable bonds is 2. The summed E-state index contributed by atoms with van der Waals surface area (Å²) in [5.41, 5.74) is 2.19. The Morgan fingerprint density at radius 3 is 2.58 bits per heavy atom. The predicted octanol–water partition coefficient (Wildman–Crippen LogP) is 2.25. The third-order valence-electron chi connectivity index (χ3n) is 1.74. The zero-order valence-electron chi connectivity index (χ0n) is 7.78. The number of hydrogen-bond acceptors (Lipinski definition) is 2. The minimum Gasteiger partial charge on any atom is -0.294 e. The molecule has 0 radical (unpaired) electrons. The van der Waals surface area contributed by atoms with Crippen molar-refractivity contribution in [3.63, 3.8) is 0 Å². The molecule has 0 atom stereocenters. The molecule has 1 heterocycles. The largest absolute Gasteiger partial charge is 0.294 e. The summed E-state index contributed by atoms with van der Waals surface area (Å²) in [6.07, 6.45) is 3.66. The van der Waals surface area contributed by atoms with Crippen LogP contribution in [0.3, 0.4) is 0 Å². The Labute approximate surface area is 73.4 Å². The van der Waals surface area contributed by atoms with Gasteiger partial charge in [0.1, 0.15) is 0 Å². The summed E-state index contributed by atoms with van der Waals surface area (Å²) in [5, 5.41) is 0. The quantitative estimate of drug-likeness (QED) is 0.612. The fourth-order valence-corrected chi connectivity index (χ4v) is 0.967. The van der Waals surface area contributed by atoms with Crippen LogP contribution < -0.4 is 0 Å². The fraction of sp³-hybridized carbons (Fsp3) is 0.400. The highest BCUT2D eigenvalue weighted by Gasteiger charge is 1.97. The number of hydrogen-bond donors (Lipinski definition) is 0. The van der Waals surface area contributed by atoms with Crippen LogP contribution in [0.15, 0.2) is 23.3 Å². The lowest BCUT2D eigenvalue weighted by molar-refractivity contribution is 0.858. The van der Waals surface area contributed by atoms with E-state index in [2.05, 4.69) is 29.9 Å². The molecule has 0 aliphatic carbocycles. The van der Waals surface area contributed by atoms with Crippen LogP contribution in [-0.4, -0.2) is 18.2 Å². The van der Waals surface area contributed by atoms with Crippen molar-refractivity contribution < 1.29 is 0 Å². The predicted molar refractivity (Wildman–Crippen MR) is 51.8 cm³/mol. The summed E-state index contributed by atoms with van der Waals surface area (Å²) in [7, 11) is 1.75. The van der Waals surface area contributed by atoms with Crippen molar-refractivity contribution in [3.05, 3.63) is 29.6 Å². The Hall–Kier alpha value is -1.18. The lowest BCUT2D eigenvalue weighted by atomic mass is 10.1. The first-order valence-corrected chi connectivity index (χ1v) is 4.12. The number of aliphatic imine (C=N–C) groups is 1. The van der Waals surface area contributed by atoms with Crippen molar-refractivity contribution in [1.29, 1.82) is 0 Å². The van der Waals surface area contributed by atoms with E-state index >= 15 is 0 Å². The molecule has 1 rings (SSSR count). The Morgan fingerprint density at radius 1 is 1.42 bits per heavy atom. The zero-order valence-corrected chi connectivity index (χ0v) is 7.78. The SMILES string of the molecule is CN=Cc1ccc(C(C)C)cn1. The van der Waals surface area contributed by atoms with Gasteiger partial charge in [0, 0.05) is 19.5 Å². The van der Waals surface area contributed by atoms with E-state index < -0.39 is 0 Å². The maximum atomic E-state index is 4.24. The summed E-state index contributed by atoms with van der Waals surface area (Å²) >= 11 is 0. The zero-order chi connectivity index (χ0) is 8.97. The molecule has 1 aromatic rings. The minimum atomic E-state index is 0.546. The van der Waals surface area contributed by atoms with E-state index in [0.717, 1.165) is 5.69 Å². The van der Waals surface area contributed by atoms with Crippen LogP contribution in [0.25, 0.3) is 0 Å². The van der Waals surface area contributed by atoms with Crippen LogP contribution >= 0.6 is 0 Å². The van der Waals surface area contributed by atoms with Gasteiger partial charge in [0.25, 0.3) is 0 Å². The first kappa shape index (κ1) is 8.91. The molecule has 2 nitrogen and oxygen atoms in total. The second kappa shape index (κ2) is 4.00. The highest BCUT2D eigenvalue weighted by molar-refractivity contribution is 5.76. The molecule has 0 saturated heterocycles. The van der Waals surface area contributed by atoms with Gasteiger partial charge in [-0.1, -0.05) is 19.9 Å². The smallest absolute Gasteiger partial charge is 0.0807 e. The third-order valence-corrected chi connectivity index (χ3v) is 1.74.